The first-order valence-corrected chi connectivity index (χ1v) is 7.64. The van der Waals surface area contributed by atoms with E-state index < -0.39 is 10.0 Å². The first-order valence-electron chi connectivity index (χ1n) is 6.16. The van der Waals surface area contributed by atoms with E-state index in [-0.39, 0.29) is 17.5 Å². The Morgan fingerprint density at radius 2 is 2.11 bits per heavy atom. The summed E-state index contributed by atoms with van der Waals surface area (Å²) in [6, 6.07) is 4.47. The third kappa shape index (κ3) is 4.28. The molecule has 0 amide bonds. The molecule has 108 valence electrons. The third-order valence-corrected chi connectivity index (χ3v) is 4.50. The van der Waals surface area contributed by atoms with Crippen molar-refractivity contribution in [3.63, 3.8) is 0 Å². The molecule has 19 heavy (non-hydrogen) atoms. The molecule has 0 aliphatic carbocycles. The Morgan fingerprint density at radius 3 is 2.63 bits per heavy atom. The van der Waals surface area contributed by atoms with Crippen LogP contribution in [0.2, 0.25) is 0 Å². The van der Waals surface area contributed by atoms with Gasteiger partial charge >= 0.3 is 0 Å². The van der Waals surface area contributed by atoms with E-state index >= 15 is 0 Å². The van der Waals surface area contributed by atoms with E-state index in [1.54, 1.807) is 6.07 Å². The van der Waals surface area contributed by atoms with Crippen LogP contribution in [0, 0.1) is 6.92 Å². The van der Waals surface area contributed by atoms with Crippen LogP contribution in [0.5, 0.6) is 0 Å². The van der Waals surface area contributed by atoms with E-state index in [9.17, 15) is 13.5 Å². The lowest BCUT2D eigenvalue weighted by Gasteiger charge is -2.16. The standard InChI is InChI=1S/C13H21NO4S/c1-4-12(9-18-3)14-19(16,17)13-6-5-10(2)11(7-13)8-15/h5-7,12,14-15H,4,8-9H2,1-3H3. The number of hydrogen-bond donors (Lipinski definition) is 2. The maximum absolute atomic E-state index is 12.2. The summed E-state index contributed by atoms with van der Waals surface area (Å²) in [6.45, 7) is 3.87. The van der Waals surface area contributed by atoms with Crippen LogP contribution in [0.25, 0.3) is 0 Å². The summed E-state index contributed by atoms with van der Waals surface area (Å²) in [5, 5.41) is 9.19. The van der Waals surface area contributed by atoms with Crippen LogP contribution in [-0.2, 0) is 21.4 Å². The van der Waals surface area contributed by atoms with Crippen LogP contribution < -0.4 is 4.72 Å². The highest BCUT2D eigenvalue weighted by Gasteiger charge is 2.19. The van der Waals surface area contributed by atoms with E-state index in [0.29, 0.717) is 18.6 Å². The van der Waals surface area contributed by atoms with Gasteiger partial charge in [0.25, 0.3) is 0 Å². The van der Waals surface area contributed by atoms with Gasteiger partial charge in [-0.1, -0.05) is 13.0 Å². The van der Waals surface area contributed by atoms with Crippen LogP contribution in [-0.4, -0.2) is 33.3 Å². The van der Waals surface area contributed by atoms with Crippen molar-refractivity contribution in [3.8, 4) is 0 Å². The van der Waals surface area contributed by atoms with Crippen LogP contribution in [0.4, 0.5) is 0 Å². The molecule has 0 heterocycles. The molecule has 0 bridgehead atoms. The Balaban J connectivity index is 2.99. The molecule has 0 fully saturated rings. The lowest BCUT2D eigenvalue weighted by molar-refractivity contribution is 0.173. The van der Waals surface area contributed by atoms with Gasteiger partial charge in [-0.25, -0.2) is 13.1 Å². The zero-order chi connectivity index (χ0) is 14.5. The first kappa shape index (κ1) is 16.1. The summed E-state index contributed by atoms with van der Waals surface area (Å²) >= 11 is 0. The number of aryl methyl sites for hydroxylation is 1. The summed E-state index contributed by atoms with van der Waals surface area (Å²) in [4.78, 5) is 0.164. The minimum Gasteiger partial charge on any atom is -0.392 e. The van der Waals surface area contributed by atoms with Crippen molar-refractivity contribution in [3.05, 3.63) is 29.3 Å². The second-order valence-corrected chi connectivity index (χ2v) is 6.14. The van der Waals surface area contributed by atoms with Crippen LogP contribution in [0.15, 0.2) is 23.1 Å². The molecule has 0 aromatic heterocycles. The van der Waals surface area contributed by atoms with Crippen molar-refractivity contribution in [1.29, 1.82) is 0 Å². The summed E-state index contributed by atoms with van der Waals surface area (Å²) in [7, 11) is -2.05. The monoisotopic (exact) mass is 287 g/mol. The van der Waals surface area contributed by atoms with Crippen LogP contribution in [0.1, 0.15) is 24.5 Å². The van der Waals surface area contributed by atoms with Gasteiger partial charge < -0.3 is 9.84 Å². The minimum atomic E-state index is -3.58. The van der Waals surface area contributed by atoms with Gasteiger partial charge in [-0.05, 0) is 36.6 Å². The highest BCUT2D eigenvalue weighted by molar-refractivity contribution is 7.89. The Morgan fingerprint density at radius 1 is 1.42 bits per heavy atom. The molecule has 0 saturated carbocycles. The van der Waals surface area contributed by atoms with Gasteiger partial charge in [-0.15, -0.1) is 0 Å². The molecule has 1 aromatic carbocycles. The first-order chi connectivity index (χ1) is 8.94. The zero-order valence-electron chi connectivity index (χ0n) is 11.5. The van der Waals surface area contributed by atoms with Gasteiger partial charge in [0.05, 0.1) is 18.1 Å². The quantitative estimate of drug-likeness (QED) is 0.790. The normalized spacial score (nSPS) is 13.5. The van der Waals surface area contributed by atoms with E-state index in [1.807, 2.05) is 13.8 Å². The zero-order valence-corrected chi connectivity index (χ0v) is 12.3. The van der Waals surface area contributed by atoms with Crippen LogP contribution in [0.3, 0.4) is 0 Å². The van der Waals surface area contributed by atoms with E-state index in [2.05, 4.69) is 4.72 Å². The molecule has 1 rings (SSSR count). The van der Waals surface area contributed by atoms with Gasteiger partial charge in [0.15, 0.2) is 0 Å². The van der Waals surface area contributed by atoms with E-state index in [1.165, 1.54) is 19.2 Å². The Bertz CT molecular complexity index is 513. The highest BCUT2D eigenvalue weighted by atomic mass is 32.2. The average Bonchev–Trinajstić information content (AvgIpc) is 2.38. The molecule has 0 aliphatic rings. The third-order valence-electron chi connectivity index (χ3n) is 2.98. The number of rotatable bonds is 7. The number of benzene rings is 1. The molecule has 0 spiro atoms. The molecular weight excluding hydrogens is 266 g/mol. The lowest BCUT2D eigenvalue weighted by atomic mass is 10.1. The molecule has 0 aliphatic heterocycles. The van der Waals surface area contributed by atoms with Crippen molar-refractivity contribution in [2.45, 2.75) is 37.8 Å². The summed E-state index contributed by atoms with van der Waals surface area (Å²) in [5.41, 5.74) is 1.48. The molecule has 1 aromatic rings. The molecular formula is C13H21NO4S. The number of hydrogen-bond acceptors (Lipinski definition) is 4. The number of nitrogens with one attached hydrogen (secondary N) is 1. The predicted octanol–water partition coefficient (Wildman–Crippen LogP) is 1.19. The van der Waals surface area contributed by atoms with Gasteiger partial charge in [-0.3, -0.25) is 0 Å². The van der Waals surface area contributed by atoms with Gasteiger partial charge in [0, 0.05) is 13.2 Å². The fourth-order valence-corrected chi connectivity index (χ4v) is 3.06. The molecule has 1 unspecified atom stereocenters. The van der Waals surface area contributed by atoms with Crippen molar-refractivity contribution in [2.75, 3.05) is 13.7 Å². The summed E-state index contributed by atoms with van der Waals surface area (Å²) in [6.07, 6.45) is 0.645. The van der Waals surface area contributed by atoms with Crippen molar-refractivity contribution >= 4 is 10.0 Å². The lowest BCUT2D eigenvalue weighted by Crippen LogP contribution is -2.37. The number of sulfonamides is 1. The number of aliphatic hydroxyl groups is 1. The molecule has 6 heteroatoms. The van der Waals surface area contributed by atoms with Crippen molar-refractivity contribution < 1.29 is 18.3 Å². The summed E-state index contributed by atoms with van der Waals surface area (Å²) in [5.74, 6) is 0. The minimum absolute atomic E-state index is 0.164. The van der Waals surface area contributed by atoms with E-state index in [4.69, 9.17) is 4.74 Å². The second kappa shape index (κ2) is 7.00. The predicted molar refractivity (Wildman–Crippen MR) is 73.4 cm³/mol. The van der Waals surface area contributed by atoms with Crippen molar-refractivity contribution in [2.24, 2.45) is 0 Å². The molecule has 2 N–H and O–H groups in total. The maximum atomic E-state index is 12.2. The van der Waals surface area contributed by atoms with Gasteiger partial charge in [0.1, 0.15) is 0 Å². The highest BCUT2D eigenvalue weighted by Crippen LogP contribution is 2.16. The van der Waals surface area contributed by atoms with Gasteiger partial charge in [0.2, 0.25) is 10.0 Å². The topological polar surface area (TPSA) is 75.6 Å². The maximum Gasteiger partial charge on any atom is 0.240 e. The van der Waals surface area contributed by atoms with Crippen LogP contribution >= 0.6 is 0 Å². The Labute approximate surface area is 114 Å². The molecule has 0 radical (unpaired) electrons. The Hall–Kier alpha value is -0.950. The number of ether oxygens (including phenoxy) is 1. The molecule has 5 nitrogen and oxygen atoms in total. The fraction of sp³-hybridized carbons (Fsp3) is 0.538. The number of methoxy groups -OCH3 is 1. The summed E-state index contributed by atoms with van der Waals surface area (Å²) < 4.78 is 32.0. The smallest absolute Gasteiger partial charge is 0.240 e. The second-order valence-electron chi connectivity index (χ2n) is 4.43. The van der Waals surface area contributed by atoms with E-state index in [0.717, 1.165) is 5.56 Å². The fourth-order valence-electron chi connectivity index (χ4n) is 1.71. The average molecular weight is 287 g/mol. The largest absolute Gasteiger partial charge is 0.392 e. The van der Waals surface area contributed by atoms with Crippen molar-refractivity contribution in [1.82, 2.24) is 4.72 Å². The SMILES string of the molecule is CCC(COC)NS(=O)(=O)c1ccc(C)c(CO)c1. The molecule has 1 atom stereocenters. The Kier molecular flexibility index (Phi) is 5.93. The number of aliphatic hydroxyl groups excluding tert-OH is 1. The van der Waals surface area contributed by atoms with Gasteiger partial charge in [-0.2, -0.15) is 0 Å². The molecule has 0 saturated heterocycles.